The van der Waals surface area contributed by atoms with Crippen molar-refractivity contribution in [3.8, 4) is 11.4 Å². The Labute approximate surface area is 173 Å². The summed E-state index contributed by atoms with van der Waals surface area (Å²) in [5, 5.41) is 3.11. The Morgan fingerprint density at radius 2 is 2.17 bits per heavy atom. The number of H-pyrrole nitrogens is 1. The average molecular weight is 442 g/mol. The predicted molar refractivity (Wildman–Crippen MR) is 104 cm³/mol. The van der Waals surface area contributed by atoms with E-state index >= 15 is 0 Å². The molecule has 158 valence electrons. The van der Waals surface area contributed by atoms with Gasteiger partial charge >= 0.3 is 6.18 Å². The summed E-state index contributed by atoms with van der Waals surface area (Å²) in [5.74, 6) is -1.49. The van der Waals surface area contributed by atoms with Crippen LogP contribution in [-0.2, 0) is 4.79 Å². The fraction of sp³-hybridized carbons (Fsp3) is 0.316. The van der Waals surface area contributed by atoms with Crippen LogP contribution in [0.2, 0.25) is 5.02 Å². The number of benzene rings is 1. The second-order valence-corrected chi connectivity index (χ2v) is 7.38. The molecule has 1 aromatic carbocycles. The SMILES string of the molecule is O=C(NCC(F)(F)F)[C@H]1CCCN1c1nc(-c2c[nH]c3ccc(Cl)cc23)ncc1F. The summed E-state index contributed by atoms with van der Waals surface area (Å²) in [6.45, 7) is -1.15. The first-order valence-electron chi connectivity index (χ1n) is 9.13. The summed E-state index contributed by atoms with van der Waals surface area (Å²) in [7, 11) is 0. The number of hydrogen-bond donors (Lipinski definition) is 2. The maximum Gasteiger partial charge on any atom is 0.405 e. The number of anilines is 1. The first-order valence-corrected chi connectivity index (χ1v) is 9.51. The summed E-state index contributed by atoms with van der Waals surface area (Å²) >= 11 is 6.06. The van der Waals surface area contributed by atoms with Crippen molar-refractivity contribution >= 4 is 34.2 Å². The number of aromatic nitrogens is 3. The molecule has 30 heavy (non-hydrogen) atoms. The van der Waals surface area contributed by atoms with Crippen molar-refractivity contribution in [2.24, 2.45) is 0 Å². The monoisotopic (exact) mass is 441 g/mol. The molecule has 1 saturated heterocycles. The molecule has 1 aliphatic heterocycles. The van der Waals surface area contributed by atoms with Gasteiger partial charge in [-0.15, -0.1) is 0 Å². The molecule has 0 unspecified atom stereocenters. The predicted octanol–water partition coefficient (Wildman–Crippen LogP) is 4.06. The maximum absolute atomic E-state index is 14.5. The van der Waals surface area contributed by atoms with Gasteiger partial charge in [0.25, 0.3) is 0 Å². The molecule has 0 bridgehead atoms. The van der Waals surface area contributed by atoms with Gasteiger partial charge in [-0.2, -0.15) is 13.2 Å². The Balaban J connectivity index is 1.66. The van der Waals surface area contributed by atoms with Crippen LogP contribution in [0, 0.1) is 5.82 Å². The third kappa shape index (κ3) is 4.04. The summed E-state index contributed by atoms with van der Waals surface area (Å²) in [6.07, 6.45) is -1.06. The summed E-state index contributed by atoms with van der Waals surface area (Å²) in [5.41, 5.74) is 1.38. The van der Waals surface area contributed by atoms with Crippen molar-refractivity contribution in [3.63, 3.8) is 0 Å². The van der Waals surface area contributed by atoms with E-state index in [0.29, 0.717) is 23.4 Å². The van der Waals surface area contributed by atoms with E-state index in [9.17, 15) is 22.4 Å². The smallest absolute Gasteiger partial charge is 0.360 e. The van der Waals surface area contributed by atoms with Gasteiger partial charge in [-0.1, -0.05) is 11.6 Å². The van der Waals surface area contributed by atoms with Gasteiger partial charge in [0.1, 0.15) is 12.6 Å². The number of alkyl halides is 3. The molecule has 2 N–H and O–H groups in total. The molecule has 4 rings (SSSR count). The van der Waals surface area contributed by atoms with E-state index in [1.165, 1.54) is 4.90 Å². The van der Waals surface area contributed by atoms with E-state index in [1.807, 2.05) is 5.32 Å². The standard InChI is InChI=1S/C19H16ClF4N5O/c20-10-3-4-14-11(6-10)12(7-25-14)16-26-8-13(21)17(28-16)29-5-1-2-15(29)18(30)27-9-19(22,23)24/h3-4,6-8,15,25H,1-2,5,9H2,(H,27,30)/t15-/m1/s1. The molecule has 1 atom stereocenters. The Morgan fingerprint density at radius 1 is 1.37 bits per heavy atom. The maximum atomic E-state index is 14.5. The summed E-state index contributed by atoms with van der Waals surface area (Å²) in [6, 6.07) is 4.28. The van der Waals surface area contributed by atoms with Gasteiger partial charge in [0.05, 0.1) is 6.20 Å². The first-order chi connectivity index (χ1) is 14.2. The normalized spacial score (nSPS) is 17.0. The number of nitrogens with zero attached hydrogens (tertiary/aromatic N) is 3. The molecule has 1 aliphatic rings. The molecular weight excluding hydrogens is 426 g/mol. The zero-order valence-corrected chi connectivity index (χ0v) is 16.2. The van der Waals surface area contributed by atoms with Crippen molar-refractivity contribution in [2.45, 2.75) is 25.1 Å². The number of amides is 1. The highest BCUT2D eigenvalue weighted by Gasteiger charge is 2.36. The van der Waals surface area contributed by atoms with E-state index in [-0.39, 0.29) is 18.2 Å². The van der Waals surface area contributed by atoms with E-state index in [0.717, 1.165) is 17.1 Å². The molecule has 2 aromatic heterocycles. The Bertz CT molecular complexity index is 1100. The lowest BCUT2D eigenvalue weighted by molar-refractivity contribution is -0.139. The fourth-order valence-electron chi connectivity index (χ4n) is 3.57. The second-order valence-electron chi connectivity index (χ2n) is 6.94. The number of hydrogen-bond acceptors (Lipinski definition) is 4. The number of halogens is 5. The van der Waals surface area contributed by atoms with E-state index in [2.05, 4.69) is 15.0 Å². The Morgan fingerprint density at radius 3 is 2.93 bits per heavy atom. The van der Waals surface area contributed by atoms with Crippen molar-refractivity contribution in [3.05, 3.63) is 41.4 Å². The number of carbonyl (C=O) groups excluding carboxylic acids is 1. The van der Waals surface area contributed by atoms with E-state index in [1.54, 1.807) is 24.4 Å². The number of aromatic amines is 1. The molecule has 0 aliphatic carbocycles. The molecule has 0 saturated carbocycles. The van der Waals surface area contributed by atoms with Gasteiger partial charge in [-0.25, -0.2) is 14.4 Å². The van der Waals surface area contributed by atoms with Gasteiger partial charge in [0.15, 0.2) is 17.5 Å². The topological polar surface area (TPSA) is 73.9 Å². The minimum absolute atomic E-state index is 0.124. The lowest BCUT2D eigenvalue weighted by Gasteiger charge is -2.25. The van der Waals surface area contributed by atoms with Crippen LogP contribution in [0.25, 0.3) is 22.3 Å². The third-order valence-corrected chi connectivity index (χ3v) is 5.14. The van der Waals surface area contributed by atoms with Crippen LogP contribution in [0.4, 0.5) is 23.4 Å². The van der Waals surface area contributed by atoms with Crippen LogP contribution in [0.3, 0.4) is 0 Å². The van der Waals surface area contributed by atoms with Gasteiger partial charge in [-0.3, -0.25) is 4.79 Å². The largest absolute Gasteiger partial charge is 0.405 e. The summed E-state index contributed by atoms with van der Waals surface area (Å²) < 4.78 is 51.8. The van der Waals surface area contributed by atoms with Gasteiger partial charge in [0.2, 0.25) is 5.91 Å². The van der Waals surface area contributed by atoms with Crippen LogP contribution in [-0.4, -0.2) is 46.2 Å². The number of fused-ring (bicyclic) bond motifs is 1. The lowest BCUT2D eigenvalue weighted by Crippen LogP contribution is -2.46. The van der Waals surface area contributed by atoms with Crippen molar-refractivity contribution < 1.29 is 22.4 Å². The van der Waals surface area contributed by atoms with Crippen LogP contribution < -0.4 is 10.2 Å². The highest BCUT2D eigenvalue weighted by Crippen LogP contribution is 2.32. The molecule has 1 amide bonds. The second kappa shape index (κ2) is 7.75. The van der Waals surface area contributed by atoms with Crippen LogP contribution >= 0.6 is 11.6 Å². The van der Waals surface area contributed by atoms with Crippen molar-refractivity contribution in [1.82, 2.24) is 20.3 Å². The third-order valence-electron chi connectivity index (χ3n) is 4.90. The fourth-order valence-corrected chi connectivity index (χ4v) is 3.74. The highest BCUT2D eigenvalue weighted by molar-refractivity contribution is 6.31. The first kappa shape index (κ1) is 20.4. The summed E-state index contributed by atoms with van der Waals surface area (Å²) in [4.78, 5) is 25.1. The van der Waals surface area contributed by atoms with Crippen LogP contribution in [0.5, 0.6) is 0 Å². The molecule has 1 fully saturated rings. The zero-order chi connectivity index (χ0) is 21.5. The lowest BCUT2D eigenvalue weighted by atomic mass is 10.1. The molecule has 6 nitrogen and oxygen atoms in total. The van der Waals surface area contributed by atoms with Gasteiger partial charge in [-0.05, 0) is 31.0 Å². The van der Waals surface area contributed by atoms with Crippen molar-refractivity contribution in [2.75, 3.05) is 18.0 Å². The molecular formula is C19H16ClF4N5O. The number of nitrogens with one attached hydrogen (secondary N) is 2. The Kier molecular flexibility index (Phi) is 5.27. The molecule has 3 heterocycles. The van der Waals surface area contributed by atoms with Crippen LogP contribution in [0.1, 0.15) is 12.8 Å². The quantitative estimate of drug-likeness (QED) is 0.599. The minimum atomic E-state index is -4.52. The van der Waals surface area contributed by atoms with E-state index < -0.39 is 30.5 Å². The van der Waals surface area contributed by atoms with Crippen LogP contribution in [0.15, 0.2) is 30.6 Å². The van der Waals surface area contributed by atoms with Gasteiger partial charge in [0, 0.05) is 34.2 Å². The van der Waals surface area contributed by atoms with Gasteiger partial charge < -0.3 is 15.2 Å². The average Bonchev–Trinajstić information content (AvgIpc) is 3.33. The molecule has 11 heteroatoms. The number of rotatable bonds is 4. The molecule has 3 aromatic rings. The molecule has 0 radical (unpaired) electrons. The van der Waals surface area contributed by atoms with Crippen molar-refractivity contribution in [1.29, 1.82) is 0 Å². The minimum Gasteiger partial charge on any atom is -0.360 e. The van der Waals surface area contributed by atoms with E-state index in [4.69, 9.17) is 11.6 Å². The Hall–Kier alpha value is -2.88. The molecule has 0 spiro atoms. The highest BCUT2D eigenvalue weighted by atomic mass is 35.5. The number of carbonyl (C=O) groups is 1. The zero-order valence-electron chi connectivity index (χ0n) is 15.4.